The van der Waals surface area contributed by atoms with E-state index < -0.39 is 0 Å². The summed E-state index contributed by atoms with van der Waals surface area (Å²) < 4.78 is 2.09. The van der Waals surface area contributed by atoms with Gasteiger partial charge in [-0.3, -0.25) is 0 Å². The van der Waals surface area contributed by atoms with Crippen LogP contribution >= 0.6 is 0 Å². The molecule has 3 aromatic rings. The van der Waals surface area contributed by atoms with Crippen molar-refractivity contribution in [3.05, 3.63) is 68.5 Å². The van der Waals surface area contributed by atoms with Crippen molar-refractivity contribution in [2.45, 2.75) is 19.8 Å². The zero-order chi connectivity index (χ0) is 23.7. The van der Waals surface area contributed by atoms with Crippen LogP contribution in [0.25, 0.3) is 22.8 Å². The molecule has 0 radical (unpaired) electrons. The average Bonchev–Trinajstić information content (AvgIpc) is 3.54. The van der Waals surface area contributed by atoms with Crippen molar-refractivity contribution in [3.8, 4) is 16.9 Å². The van der Waals surface area contributed by atoms with E-state index in [-0.39, 0.29) is 32.1 Å². The number of nitrogens with zero attached hydrogens (tertiary/aromatic N) is 1. The third-order valence-electron chi connectivity index (χ3n) is 6.40. The first-order chi connectivity index (χ1) is 16.5. The Kier molecular flexibility index (Phi) is 6.42. The molecule has 7 heteroatoms. The molecular weight excluding hydrogens is 493 g/mol. The number of phenolic OH excluding ortho intramolecular Hbond substituents is 1. The Morgan fingerprint density at radius 2 is 1.94 bits per heavy atom. The molecule has 0 aliphatic carbocycles. The first kappa shape index (κ1) is 22.7. The van der Waals surface area contributed by atoms with Gasteiger partial charge in [0.25, 0.3) is 0 Å². The summed E-state index contributed by atoms with van der Waals surface area (Å²) in [6.07, 6.45) is 4.40. The molecule has 2 aromatic carbocycles. The van der Waals surface area contributed by atoms with Crippen LogP contribution in [0.3, 0.4) is 0 Å². The van der Waals surface area contributed by atoms with Gasteiger partial charge in [0.1, 0.15) is 0 Å². The standard InChI is InChI=1S/C27H27N3O3Se/c1-17-22(26(32)28-10-13-30-11-4-5-12-30)15-19(34-17)16-23-21-9-8-18(14-24(21)29-27(23)33)20-6-2-3-7-25(20)31/h2-3,6-9,14-16,31H,4-5,10-13H2,1H3,(H,28,32)(H,29,33)/b23-16-. The number of fused-ring (bicyclic) bond motifs is 1. The third-order valence-corrected chi connectivity index (χ3v) is 8.49. The quantitative estimate of drug-likeness (QED) is 0.342. The summed E-state index contributed by atoms with van der Waals surface area (Å²) in [5.74, 6) is 0.0204. The molecule has 34 heavy (non-hydrogen) atoms. The predicted octanol–water partition coefficient (Wildman–Crippen LogP) is 3.74. The molecule has 0 unspecified atom stereocenters. The summed E-state index contributed by atoms with van der Waals surface area (Å²) in [6, 6.07) is 14.8. The first-order valence-corrected chi connectivity index (χ1v) is 13.3. The van der Waals surface area contributed by atoms with Crippen LogP contribution in [0.5, 0.6) is 5.75 Å². The SMILES string of the molecule is Cc1[se]c(/C=C2\C(=O)Nc3cc(-c4ccccc4O)ccc32)cc1C(=O)NCCN1CCCC1. The van der Waals surface area contributed by atoms with E-state index >= 15 is 0 Å². The fraction of sp³-hybridized carbons (Fsp3) is 0.259. The average molecular weight is 520 g/mol. The third kappa shape index (κ3) is 4.60. The summed E-state index contributed by atoms with van der Waals surface area (Å²) in [7, 11) is 0. The molecule has 2 amide bonds. The van der Waals surface area contributed by atoms with E-state index in [1.54, 1.807) is 12.1 Å². The summed E-state index contributed by atoms with van der Waals surface area (Å²) in [4.78, 5) is 27.9. The monoisotopic (exact) mass is 521 g/mol. The van der Waals surface area contributed by atoms with Crippen LogP contribution in [-0.2, 0) is 4.79 Å². The van der Waals surface area contributed by atoms with Crippen molar-refractivity contribution < 1.29 is 14.7 Å². The van der Waals surface area contributed by atoms with Crippen LogP contribution in [0.1, 0.15) is 37.6 Å². The van der Waals surface area contributed by atoms with E-state index in [2.05, 4.69) is 15.5 Å². The Morgan fingerprint density at radius 1 is 1.15 bits per heavy atom. The molecule has 1 aromatic heterocycles. The molecule has 3 N–H and O–H groups in total. The molecule has 1 saturated heterocycles. The maximum atomic E-state index is 12.8. The van der Waals surface area contributed by atoms with Crippen LogP contribution in [-0.4, -0.2) is 62.5 Å². The van der Waals surface area contributed by atoms with Crippen molar-refractivity contribution >= 4 is 43.7 Å². The molecule has 174 valence electrons. The Balaban J connectivity index is 1.34. The van der Waals surface area contributed by atoms with Crippen molar-refractivity contribution in [1.82, 2.24) is 10.2 Å². The molecule has 0 spiro atoms. The van der Waals surface area contributed by atoms with E-state index in [4.69, 9.17) is 0 Å². The number of benzene rings is 2. The number of likely N-dealkylation sites (tertiary alicyclic amines) is 1. The van der Waals surface area contributed by atoms with E-state index in [9.17, 15) is 14.7 Å². The van der Waals surface area contributed by atoms with Gasteiger partial charge in [-0.05, 0) is 0 Å². The van der Waals surface area contributed by atoms with Gasteiger partial charge in [0.05, 0.1) is 0 Å². The van der Waals surface area contributed by atoms with E-state index in [1.807, 2.05) is 49.4 Å². The molecule has 0 atom stereocenters. The van der Waals surface area contributed by atoms with Crippen LogP contribution in [0.15, 0.2) is 48.5 Å². The number of anilines is 1. The normalized spacial score (nSPS) is 16.6. The number of rotatable bonds is 6. The number of nitrogens with one attached hydrogen (secondary N) is 2. The Morgan fingerprint density at radius 3 is 2.74 bits per heavy atom. The van der Waals surface area contributed by atoms with Crippen molar-refractivity contribution in [2.75, 3.05) is 31.5 Å². The van der Waals surface area contributed by atoms with Gasteiger partial charge in [0.15, 0.2) is 0 Å². The second-order valence-corrected chi connectivity index (χ2v) is 11.4. The zero-order valence-electron chi connectivity index (χ0n) is 19.1. The van der Waals surface area contributed by atoms with Gasteiger partial charge in [0.2, 0.25) is 0 Å². The van der Waals surface area contributed by atoms with Crippen molar-refractivity contribution in [1.29, 1.82) is 0 Å². The van der Waals surface area contributed by atoms with Gasteiger partial charge in [0, 0.05) is 0 Å². The topological polar surface area (TPSA) is 81.7 Å². The molecule has 1 fully saturated rings. The zero-order valence-corrected chi connectivity index (χ0v) is 20.8. The number of hydrogen-bond acceptors (Lipinski definition) is 4. The molecule has 3 heterocycles. The van der Waals surface area contributed by atoms with Crippen molar-refractivity contribution in [3.63, 3.8) is 0 Å². The van der Waals surface area contributed by atoms with Crippen molar-refractivity contribution in [2.24, 2.45) is 0 Å². The molecule has 0 saturated carbocycles. The number of carbonyl (C=O) groups excluding carboxylic acids is 2. The van der Waals surface area contributed by atoms with E-state index in [0.717, 1.165) is 56.5 Å². The predicted molar refractivity (Wildman–Crippen MR) is 136 cm³/mol. The summed E-state index contributed by atoms with van der Waals surface area (Å²) >= 11 is 0.00737. The van der Waals surface area contributed by atoms with Gasteiger partial charge in [-0.1, -0.05) is 0 Å². The van der Waals surface area contributed by atoms with Crippen LogP contribution < -0.4 is 10.6 Å². The number of phenols is 1. The number of amides is 2. The molecule has 2 aliphatic heterocycles. The van der Waals surface area contributed by atoms with E-state index in [1.165, 1.54) is 12.8 Å². The number of carbonyl (C=O) groups is 2. The number of aromatic hydroxyl groups is 1. The van der Waals surface area contributed by atoms with Crippen LogP contribution in [0, 0.1) is 6.92 Å². The summed E-state index contributed by atoms with van der Waals surface area (Å²) in [6.45, 7) is 5.79. The van der Waals surface area contributed by atoms with Gasteiger partial charge < -0.3 is 0 Å². The molecule has 2 aliphatic rings. The number of para-hydroxylation sites is 1. The molecule has 0 bridgehead atoms. The Hall–Kier alpha value is -3.12. The molecular formula is C27H27N3O3Se. The Bertz CT molecular complexity index is 1290. The molecule has 6 nitrogen and oxygen atoms in total. The van der Waals surface area contributed by atoms with Crippen LogP contribution in [0.2, 0.25) is 0 Å². The molecule has 5 rings (SSSR count). The second-order valence-electron chi connectivity index (χ2n) is 8.71. The van der Waals surface area contributed by atoms with Gasteiger partial charge in [-0.2, -0.15) is 0 Å². The number of aryl methyl sites for hydroxylation is 1. The van der Waals surface area contributed by atoms with Gasteiger partial charge >= 0.3 is 205 Å². The number of hydrogen-bond donors (Lipinski definition) is 3. The van der Waals surface area contributed by atoms with Gasteiger partial charge in [-0.15, -0.1) is 0 Å². The van der Waals surface area contributed by atoms with E-state index in [0.29, 0.717) is 12.1 Å². The van der Waals surface area contributed by atoms with Crippen LogP contribution in [0.4, 0.5) is 5.69 Å². The fourth-order valence-electron chi connectivity index (χ4n) is 4.60. The first-order valence-electron chi connectivity index (χ1n) is 11.6. The minimum absolute atomic E-state index is 0.00737. The van der Waals surface area contributed by atoms with Gasteiger partial charge in [-0.25, -0.2) is 0 Å². The summed E-state index contributed by atoms with van der Waals surface area (Å²) in [5.41, 5.74) is 4.46. The fourth-order valence-corrected chi connectivity index (χ4v) is 6.63. The Labute approximate surface area is 205 Å². The summed E-state index contributed by atoms with van der Waals surface area (Å²) in [5, 5.41) is 16.2. The minimum atomic E-state index is -0.151. The maximum absolute atomic E-state index is 12.8. The second kappa shape index (κ2) is 9.63.